The van der Waals surface area contributed by atoms with Crippen LogP contribution in [0.2, 0.25) is 0 Å². The highest BCUT2D eigenvalue weighted by Gasteiger charge is 2.54. The van der Waals surface area contributed by atoms with Crippen molar-refractivity contribution in [2.45, 2.75) is 21.4 Å². The highest BCUT2D eigenvalue weighted by Crippen LogP contribution is 2.47. The Morgan fingerprint density at radius 1 is 1.37 bits per heavy atom. The molecule has 2 aromatic heterocycles. The number of nitrogens with zero attached hydrogens (tertiary/aromatic N) is 4. The van der Waals surface area contributed by atoms with Crippen LogP contribution in [-0.4, -0.2) is 85.3 Å². The number of aromatic nitrogens is 2. The number of thioether (sulfide) groups is 3. The number of amides is 2. The van der Waals surface area contributed by atoms with Crippen LogP contribution in [0.25, 0.3) is 0 Å². The van der Waals surface area contributed by atoms with Gasteiger partial charge in [0.1, 0.15) is 28.6 Å². The van der Waals surface area contributed by atoms with Crippen molar-refractivity contribution in [1.29, 1.82) is 0 Å². The van der Waals surface area contributed by atoms with E-state index in [1.807, 2.05) is 0 Å². The number of carbonyl (C=O) groups is 3. The van der Waals surface area contributed by atoms with Gasteiger partial charge in [-0.2, -0.15) is 11.8 Å². The summed E-state index contributed by atoms with van der Waals surface area (Å²) in [5.74, 6) is -0.958. The van der Waals surface area contributed by atoms with E-state index in [2.05, 4.69) is 20.4 Å². The smallest absolute Gasteiger partial charge is 0.353 e. The summed E-state index contributed by atoms with van der Waals surface area (Å²) in [6.45, 7) is 0.525. The zero-order chi connectivity index (χ0) is 27.4. The molecule has 0 spiro atoms. The van der Waals surface area contributed by atoms with Crippen LogP contribution < -0.4 is 21.5 Å². The van der Waals surface area contributed by atoms with Gasteiger partial charge in [-0.05, 0) is 12.1 Å². The zero-order valence-corrected chi connectivity index (χ0v) is 23.1. The maximum atomic E-state index is 13.0. The highest BCUT2D eigenvalue weighted by molar-refractivity contribution is 8.07. The Morgan fingerprint density at radius 3 is 2.82 bits per heavy atom. The van der Waals surface area contributed by atoms with E-state index in [1.54, 1.807) is 11.8 Å². The van der Waals surface area contributed by atoms with Crippen molar-refractivity contribution in [3.63, 3.8) is 0 Å². The molecule has 4 heterocycles. The van der Waals surface area contributed by atoms with E-state index >= 15 is 0 Å². The number of fused-ring (bicyclic) bond motifs is 1. The highest BCUT2D eigenvalue weighted by atomic mass is 32.2. The quantitative estimate of drug-likeness (QED) is 0.0806. The van der Waals surface area contributed by atoms with E-state index in [1.165, 1.54) is 65.1 Å². The third-order valence-electron chi connectivity index (χ3n) is 5.28. The van der Waals surface area contributed by atoms with E-state index in [9.17, 15) is 24.7 Å². The van der Waals surface area contributed by atoms with Gasteiger partial charge < -0.3 is 31.8 Å². The normalized spacial score (nSPS) is 19.2. The molecule has 202 valence electrons. The van der Waals surface area contributed by atoms with Crippen LogP contribution >= 0.6 is 46.6 Å². The number of β-lactam (4-membered cyclic amide) rings is 1. The number of nitrogens with one attached hydrogen (secondary N) is 1. The molecule has 17 heteroatoms. The van der Waals surface area contributed by atoms with Crippen LogP contribution in [0.1, 0.15) is 11.4 Å². The molecule has 0 aliphatic carbocycles. The van der Waals surface area contributed by atoms with Crippen molar-refractivity contribution in [1.82, 2.24) is 20.2 Å². The third-order valence-corrected chi connectivity index (χ3v) is 10.1. The number of nitrogen functional groups attached to an aromatic ring is 1. The van der Waals surface area contributed by atoms with Crippen LogP contribution in [0, 0.1) is 0 Å². The fourth-order valence-electron chi connectivity index (χ4n) is 3.61. The summed E-state index contributed by atoms with van der Waals surface area (Å²) in [6, 6.07) is 3.45. The number of nitrogens with two attached hydrogens (primary N) is 2. The van der Waals surface area contributed by atoms with E-state index in [0.29, 0.717) is 28.1 Å². The predicted octanol–water partition coefficient (Wildman–Crippen LogP) is 0.988. The molecule has 0 aromatic carbocycles. The summed E-state index contributed by atoms with van der Waals surface area (Å²) >= 11 is 5.46. The number of methoxy groups -OCH3 is 1. The Kier molecular flexibility index (Phi) is 9.03. The first-order valence-electron chi connectivity index (χ1n) is 10.9. The molecule has 2 amide bonds. The van der Waals surface area contributed by atoms with Crippen LogP contribution in [0.3, 0.4) is 0 Å². The van der Waals surface area contributed by atoms with Crippen LogP contribution in [0.5, 0.6) is 5.19 Å². The van der Waals surface area contributed by atoms with Gasteiger partial charge in [-0.25, -0.2) is 14.8 Å². The zero-order valence-electron chi connectivity index (χ0n) is 19.8. The molecule has 0 radical (unpaired) electrons. The molecule has 2 aliphatic heterocycles. The minimum atomic E-state index is -1.26. The number of carboxylic acids is 1. The molecule has 0 bridgehead atoms. The number of carboxylic acid groups (broad SMARTS) is 1. The Labute approximate surface area is 233 Å². The summed E-state index contributed by atoms with van der Waals surface area (Å²) < 4.78 is 6.04. The number of thiazole rings is 1. The topological polar surface area (TPSA) is 206 Å². The first-order chi connectivity index (χ1) is 18.3. The molecule has 2 aliphatic rings. The van der Waals surface area contributed by atoms with Gasteiger partial charge in [0.2, 0.25) is 0 Å². The number of pyridine rings is 1. The second-order valence-electron chi connectivity index (χ2n) is 7.70. The molecule has 7 N–H and O–H groups in total. The van der Waals surface area contributed by atoms with E-state index in [4.69, 9.17) is 16.2 Å². The van der Waals surface area contributed by atoms with Crippen molar-refractivity contribution < 1.29 is 29.4 Å². The Balaban J connectivity index is 1.53. The molecule has 38 heavy (non-hydrogen) atoms. The average Bonchev–Trinajstić information content (AvgIpc) is 3.29. The fourth-order valence-corrected chi connectivity index (χ4v) is 8.20. The van der Waals surface area contributed by atoms with E-state index in [-0.39, 0.29) is 17.2 Å². The summed E-state index contributed by atoms with van der Waals surface area (Å²) in [5, 5.41) is 24.7. The minimum absolute atomic E-state index is 0.0233. The number of ether oxygens (including phenoxy) is 1. The van der Waals surface area contributed by atoms with Crippen molar-refractivity contribution >= 4 is 75.9 Å². The minimum Gasteiger partial charge on any atom is -0.477 e. The lowest BCUT2D eigenvalue weighted by molar-refractivity contribution is -0.150. The monoisotopic (exact) mass is 597 g/mol. The third kappa shape index (κ3) is 5.70. The lowest BCUT2D eigenvalue weighted by atomic mass is 10.0. The predicted molar refractivity (Wildman–Crippen MR) is 146 cm³/mol. The molecule has 1 unspecified atom stereocenters. The van der Waals surface area contributed by atoms with Gasteiger partial charge in [0.05, 0.1) is 17.0 Å². The summed E-state index contributed by atoms with van der Waals surface area (Å²) in [5.41, 5.74) is 11.4. The standard InChI is InChI=1S/C21H23N7O6S4/c1-34-21-25-10(7-35-6-5-22)20(38-21)37-11-8-36-18-14(17(30)28(18)15(11)19(31)32)26-16(29)13(27-33)9-3-2-4-12(23)24-9/h2-4,14,18,33H,5-8,22H2,1H3,(H2,23,24)(H,26,29)(H,31,32)/b27-13+/t14-,18?/m1/s1. The van der Waals surface area contributed by atoms with Crippen LogP contribution in [-0.2, 0) is 20.1 Å². The fraction of sp³-hybridized carbons (Fsp3) is 0.333. The van der Waals surface area contributed by atoms with Gasteiger partial charge in [0.25, 0.3) is 17.0 Å². The molecule has 2 aromatic rings. The summed E-state index contributed by atoms with van der Waals surface area (Å²) in [6.07, 6.45) is 0. The molecule has 0 saturated carbocycles. The molecular weight excluding hydrogens is 575 g/mol. The molecule has 1 saturated heterocycles. The Hall–Kier alpha value is -2.99. The molecule has 1 fully saturated rings. The van der Waals surface area contributed by atoms with E-state index < -0.39 is 34.9 Å². The van der Waals surface area contributed by atoms with Crippen LogP contribution in [0.15, 0.2) is 38.2 Å². The number of hydrogen-bond donors (Lipinski definition) is 5. The molecular formula is C21H23N7O6S4. The lowest BCUT2D eigenvalue weighted by Gasteiger charge is -2.49. The van der Waals surface area contributed by atoms with Crippen molar-refractivity contribution in [3.8, 4) is 5.19 Å². The number of hydrogen-bond acceptors (Lipinski definition) is 14. The van der Waals surface area contributed by atoms with Crippen molar-refractivity contribution in [2.75, 3.05) is 30.9 Å². The van der Waals surface area contributed by atoms with Gasteiger partial charge in [-0.1, -0.05) is 34.3 Å². The summed E-state index contributed by atoms with van der Waals surface area (Å²) in [4.78, 5) is 48.2. The number of rotatable bonds is 11. The molecule has 4 rings (SSSR count). The number of aliphatic carboxylic acids is 1. The largest absolute Gasteiger partial charge is 0.477 e. The van der Waals surface area contributed by atoms with Gasteiger partial charge in [-0.3, -0.25) is 14.5 Å². The second kappa shape index (κ2) is 12.2. The van der Waals surface area contributed by atoms with Crippen molar-refractivity contribution in [3.05, 3.63) is 40.2 Å². The molecule has 2 atom stereocenters. The molecule has 13 nitrogen and oxygen atoms in total. The van der Waals surface area contributed by atoms with E-state index in [0.717, 1.165) is 15.7 Å². The Bertz CT molecular complexity index is 1320. The first kappa shape index (κ1) is 28.0. The SMILES string of the molecule is COc1nc(CSCCN)c(SC2=C(C(=O)O)N3C(=O)[C@@H](NC(=O)/C(=N/O)c4cccc(N)n4)C3SC2)s1. The van der Waals surface area contributed by atoms with Gasteiger partial charge in [0, 0.05) is 28.7 Å². The van der Waals surface area contributed by atoms with Crippen LogP contribution in [0.4, 0.5) is 5.82 Å². The number of carbonyl (C=O) groups excluding carboxylic acids is 2. The Morgan fingerprint density at radius 2 is 2.16 bits per heavy atom. The van der Waals surface area contributed by atoms with Gasteiger partial charge >= 0.3 is 5.97 Å². The number of anilines is 1. The maximum absolute atomic E-state index is 13.0. The second-order valence-corrected chi connectivity index (χ2v) is 12.2. The maximum Gasteiger partial charge on any atom is 0.353 e. The summed E-state index contributed by atoms with van der Waals surface area (Å²) in [7, 11) is 1.51. The lowest BCUT2D eigenvalue weighted by Crippen LogP contribution is -2.71. The van der Waals surface area contributed by atoms with Gasteiger partial charge in [0.15, 0.2) is 5.71 Å². The number of oxime groups is 1. The average molecular weight is 598 g/mol. The first-order valence-corrected chi connectivity index (χ1v) is 14.8. The van der Waals surface area contributed by atoms with Crippen molar-refractivity contribution in [2.24, 2.45) is 10.9 Å². The van der Waals surface area contributed by atoms with Gasteiger partial charge in [-0.15, -0.1) is 11.8 Å².